The van der Waals surface area contributed by atoms with Crippen molar-refractivity contribution in [1.82, 2.24) is 9.97 Å². The van der Waals surface area contributed by atoms with Gasteiger partial charge < -0.3 is 9.47 Å². The third-order valence-corrected chi connectivity index (χ3v) is 4.40. The van der Waals surface area contributed by atoms with Gasteiger partial charge in [-0.05, 0) is 42.5 Å². The van der Waals surface area contributed by atoms with Crippen molar-refractivity contribution in [3.05, 3.63) is 59.8 Å². The zero-order chi connectivity index (χ0) is 17.4. The maximum absolute atomic E-state index is 6.18. The Kier molecular flexibility index (Phi) is 3.90. The van der Waals surface area contributed by atoms with Crippen molar-refractivity contribution >= 4 is 33.4 Å². The lowest BCUT2D eigenvalue weighted by molar-refractivity contribution is 0.397. The molecule has 4 aromatic rings. The maximum Gasteiger partial charge on any atom is 0.132 e. The zero-order valence-electron chi connectivity index (χ0n) is 13.8. The summed E-state index contributed by atoms with van der Waals surface area (Å²) in [5, 5.41) is 2.52. The van der Waals surface area contributed by atoms with E-state index >= 15 is 0 Å². The van der Waals surface area contributed by atoms with Crippen molar-refractivity contribution in [2.24, 2.45) is 0 Å². The van der Waals surface area contributed by atoms with Gasteiger partial charge in [0.2, 0.25) is 0 Å². The maximum atomic E-state index is 6.18. The second-order valence-corrected chi connectivity index (χ2v) is 6.03. The Hall–Kier alpha value is -2.85. The molecule has 0 unspecified atom stereocenters. The molecule has 0 aliphatic rings. The lowest BCUT2D eigenvalue weighted by Crippen LogP contribution is -1.95. The number of pyridine rings is 2. The Morgan fingerprint density at radius 2 is 1.68 bits per heavy atom. The number of hydrogen-bond donors (Lipinski definition) is 0. The van der Waals surface area contributed by atoms with Crippen molar-refractivity contribution in [2.45, 2.75) is 0 Å². The Morgan fingerprint density at radius 3 is 2.40 bits per heavy atom. The normalized spacial score (nSPS) is 11.0. The van der Waals surface area contributed by atoms with Crippen LogP contribution in [0, 0.1) is 0 Å². The fourth-order valence-electron chi connectivity index (χ4n) is 2.98. The lowest BCUT2D eigenvalue weighted by atomic mass is 10.1. The largest absolute Gasteiger partial charge is 0.496 e. The Balaban J connectivity index is 2.05. The van der Waals surface area contributed by atoms with Crippen molar-refractivity contribution < 1.29 is 9.47 Å². The summed E-state index contributed by atoms with van der Waals surface area (Å²) in [5.74, 6) is 1.42. The molecule has 0 saturated heterocycles. The van der Waals surface area contributed by atoms with Crippen molar-refractivity contribution in [3.63, 3.8) is 0 Å². The van der Waals surface area contributed by atoms with E-state index in [1.807, 2.05) is 54.7 Å². The SMILES string of the molecule is COc1cccc(OC)c1-c1ccc2cnc3ccc(Cl)cc3c2n1. The van der Waals surface area contributed by atoms with E-state index in [2.05, 4.69) is 4.98 Å². The van der Waals surface area contributed by atoms with Crippen molar-refractivity contribution in [1.29, 1.82) is 0 Å². The van der Waals surface area contributed by atoms with E-state index in [1.54, 1.807) is 14.2 Å². The average molecular weight is 351 g/mol. The third kappa shape index (κ3) is 2.65. The highest BCUT2D eigenvalue weighted by Gasteiger charge is 2.15. The highest BCUT2D eigenvalue weighted by molar-refractivity contribution is 6.31. The Morgan fingerprint density at radius 1 is 0.920 bits per heavy atom. The number of aromatic nitrogens is 2. The summed E-state index contributed by atoms with van der Waals surface area (Å²) in [6.45, 7) is 0. The molecule has 0 amide bonds. The number of benzene rings is 2. The summed E-state index contributed by atoms with van der Waals surface area (Å²) in [7, 11) is 3.27. The molecule has 4 rings (SSSR count). The number of rotatable bonds is 3. The molecule has 4 nitrogen and oxygen atoms in total. The third-order valence-electron chi connectivity index (χ3n) is 4.17. The van der Waals surface area contributed by atoms with E-state index < -0.39 is 0 Å². The molecule has 0 spiro atoms. The van der Waals surface area contributed by atoms with Crippen LogP contribution in [-0.4, -0.2) is 24.2 Å². The van der Waals surface area contributed by atoms with Crippen LogP contribution in [0.4, 0.5) is 0 Å². The van der Waals surface area contributed by atoms with E-state index in [9.17, 15) is 0 Å². The van der Waals surface area contributed by atoms with Crippen LogP contribution in [0.1, 0.15) is 0 Å². The quantitative estimate of drug-likeness (QED) is 0.481. The van der Waals surface area contributed by atoms with Crippen LogP contribution in [0.2, 0.25) is 5.02 Å². The van der Waals surface area contributed by atoms with Crippen LogP contribution < -0.4 is 9.47 Å². The number of fused-ring (bicyclic) bond motifs is 3. The highest BCUT2D eigenvalue weighted by atomic mass is 35.5. The van der Waals surface area contributed by atoms with Crippen molar-refractivity contribution in [3.8, 4) is 22.8 Å². The van der Waals surface area contributed by atoms with Gasteiger partial charge in [-0.15, -0.1) is 0 Å². The monoisotopic (exact) mass is 350 g/mol. The minimum atomic E-state index is 0.656. The van der Waals surface area contributed by atoms with E-state index in [4.69, 9.17) is 26.1 Å². The highest BCUT2D eigenvalue weighted by Crippen LogP contribution is 2.38. The van der Waals surface area contributed by atoms with Gasteiger partial charge in [-0.3, -0.25) is 4.98 Å². The molecule has 0 saturated carbocycles. The first-order valence-electron chi connectivity index (χ1n) is 7.77. The van der Waals surface area contributed by atoms with Gasteiger partial charge in [-0.1, -0.05) is 17.7 Å². The van der Waals surface area contributed by atoms with Crippen LogP contribution in [0.25, 0.3) is 33.1 Å². The Labute approximate surface area is 150 Å². The number of halogens is 1. The molecule has 0 fully saturated rings. The smallest absolute Gasteiger partial charge is 0.132 e. The molecule has 0 N–H and O–H groups in total. The number of methoxy groups -OCH3 is 2. The van der Waals surface area contributed by atoms with Crippen molar-refractivity contribution in [2.75, 3.05) is 14.2 Å². The minimum absolute atomic E-state index is 0.656. The molecular weight excluding hydrogens is 336 g/mol. The molecule has 0 radical (unpaired) electrons. The molecule has 0 bridgehead atoms. The molecule has 124 valence electrons. The summed E-state index contributed by atoms with van der Waals surface area (Å²) in [6, 6.07) is 15.2. The summed E-state index contributed by atoms with van der Waals surface area (Å²) in [4.78, 5) is 9.35. The van der Waals surface area contributed by atoms with Gasteiger partial charge in [0.25, 0.3) is 0 Å². The average Bonchev–Trinajstić information content (AvgIpc) is 2.66. The molecule has 0 aliphatic heterocycles. The van der Waals surface area contributed by atoms with Crippen LogP contribution in [-0.2, 0) is 0 Å². The van der Waals surface area contributed by atoms with Gasteiger partial charge in [0.15, 0.2) is 0 Å². The van der Waals surface area contributed by atoms with Crippen LogP contribution in [0.5, 0.6) is 11.5 Å². The second-order valence-electron chi connectivity index (χ2n) is 5.59. The number of nitrogens with zero attached hydrogens (tertiary/aromatic N) is 2. The first-order chi connectivity index (χ1) is 12.2. The molecule has 2 heterocycles. The van der Waals surface area contributed by atoms with Gasteiger partial charge in [0, 0.05) is 22.0 Å². The molecule has 2 aromatic carbocycles. The first-order valence-corrected chi connectivity index (χ1v) is 8.15. The second kappa shape index (κ2) is 6.22. The summed E-state index contributed by atoms with van der Waals surface area (Å²) >= 11 is 6.18. The number of hydrogen-bond acceptors (Lipinski definition) is 4. The van der Waals surface area contributed by atoms with Gasteiger partial charge in [-0.2, -0.15) is 0 Å². The molecule has 2 aromatic heterocycles. The van der Waals surface area contributed by atoms with Crippen LogP contribution in [0.15, 0.2) is 54.7 Å². The Bertz CT molecular complexity index is 1070. The van der Waals surface area contributed by atoms with Gasteiger partial charge >= 0.3 is 0 Å². The minimum Gasteiger partial charge on any atom is -0.496 e. The van der Waals surface area contributed by atoms with Crippen LogP contribution in [0.3, 0.4) is 0 Å². The lowest BCUT2D eigenvalue weighted by Gasteiger charge is -2.13. The number of ether oxygens (including phenoxy) is 2. The zero-order valence-corrected chi connectivity index (χ0v) is 14.5. The molecule has 25 heavy (non-hydrogen) atoms. The predicted molar refractivity (Wildman–Crippen MR) is 101 cm³/mol. The van der Waals surface area contributed by atoms with E-state index in [1.165, 1.54) is 0 Å². The predicted octanol–water partition coefficient (Wildman–Crippen LogP) is 5.12. The van der Waals surface area contributed by atoms with Gasteiger partial charge in [0.1, 0.15) is 11.5 Å². The van der Waals surface area contributed by atoms with Crippen LogP contribution >= 0.6 is 11.6 Å². The summed E-state index contributed by atoms with van der Waals surface area (Å²) in [6.07, 6.45) is 1.82. The van der Waals surface area contributed by atoms with E-state index in [0.717, 1.165) is 33.1 Å². The molecule has 0 atom stereocenters. The first kappa shape index (κ1) is 15.7. The molecular formula is C20H15ClN2O2. The molecule has 0 aliphatic carbocycles. The molecule has 5 heteroatoms. The fourth-order valence-corrected chi connectivity index (χ4v) is 3.15. The van der Waals surface area contributed by atoms with Gasteiger partial charge in [-0.25, -0.2) is 4.98 Å². The van der Waals surface area contributed by atoms with E-state index in [0.29, 0.717) is 16.5 Å². The summed E-state index contributed by atoms with van der Waals surface area (Å²) < 4.78 is 11.0. The summed E-state index contributed by atoms with van der Waals surface area (Å²) in [5.41, 5.74) is 3.29. The topological polar surface area (TPSA) is 44.2 Å². The van der Waals surface area contributed by atoms with E-state index in [-0.39, 0.29) is 0 Å². The van der Waals surface area contributed by atoms with Gasteiger partial charge in [0.05, 0.1) is 36.5 Å². The standard InChI is InChI=1S/C20H15ClN2O2/c1-24-17-4-3-5-18(25-2)19(17)16-8-6-12-11-22-15-9-7-13(21)10-14(15)20(12)23-16/h3-11H,1-2H3. The fraction of sp³-hybridized carbons (Fsp3) is 0.100.